The summed E-state index contributed by atoms with van der Waals surface area (Å²) in [5, 5.41) is 2.59. The van der Waals surface area contributed by atoms with E-state index in [0.717, 1.165) is 5.69 Å². The molecule has 1 aromatic carbocycles. The summed E-state index contributed by atoms with van der Waals surface area (Å²) < 4.78 is 26.6. The lowest BCUT2D eigenvalue weighted by Gasteiger charge is -2.35. The number of hydrogen-bond acceptors (Lipinski definition) is 5. The zero-order valence-electron chi connectivity index (χ0n) is 15.5. The summed E-state index contributed by atoms with van der Waals surface area (Å²) in [6.07, 6.45) is 1.74. The highest BCUT2D eigenvalue weighted by molar-refractivity contribution is 7.89. The van der Waals surface area contributed by atoms with Crippen molar-refractivity contribution in [2.45, 2.75) is 6.42 Å². The second-order valence-electron chi connectivity index (χ2n) is 6.56. The molecule has 2 N–H and O–H groups in total. The van der Waals surface area contributed by atoms with Crippen LogP contribution in [-0.2, 0) is 10.0 Å². The molecule has 0 bridgehead atoms. The quantitative estimate of drug-likeness (QED) is 0.660. The number of benzene rings is 1. The Kier molecular flexibility index (Phi) is 6.48. The molecule has 0 aliphatic carbocycles. The van der Waals surface area contributed by atoms with E-state index in [9.17, 15) is 18.0 Å². The molecule has 150 valence electrons. The molecular weight excluding hydrogens is 380 g/mol. The normalized spacial score (nSPS) is 15.4. The number of para-hydroxylation sites is 1. The molecule has 0 saturated carbocycles. The van der Waals surface area contributed by atoms with E-state index < -0.39 is 21.5 Å². The van der Waals surface area contributed by atoms with Crippen LogP contribution in [0, 0.1) is 0 Å². The van der Waals surface area contributed by atoms with Gasteiger partial charge in [-0.1, -0.05) is 18.2 Å². The maximum absolute atomic E-state index is 12.5. The molecule has 0 spiro atoms. The Morgan fingerprint density at radius 2 is 1.75 bits per heavy atom. The first kappa shape index (κ1) is 20.1. The van der Waals surface area contributed by atoms with E-state index >= 15 is 0 Å². The molecule has 2 heterocycles. The number of amides is 1. The lowest BCUT2D eigenvalue weighted by Crippen LogP contribution is -2.49. The lowest BCUT2D eigenvalue weighted by molar-refractivity contribution is 0.0952. The standard InChI is InChI=1S/C19H24N4O4S/c24-18-17(8-4-9-20-18)19(25)21-10-5-15-28(26,27)23-13-11-22(12-14-23)16-6-2-1-3-7-16/h1-4,6-9H,5,10-15H2,(H,20,24)(H,21,25). The molecule has 1 amide bonds. The fraction of sp³-hybridized carbons (Fsp3) is 0.368. The maximum atomic E-state index is 12.5. The summed E-state index contributed by atoms with van der Waals surface area (Å²) in [6, 6.07) is 12.9. The van der Waals surface area contributed by atoms with E-state index in [1.807, 2.05) is 30.3 Å². The highest BCUT2D eigenvalue weighted by Crippen LogP contribution is 2.17. The van der Waals surface area contributed by atoms with E-state index in [1.54, 1.807) is 6.07 Å². The van der Waals surface area contributed by atoms with E-state index in [0.29, 0.717) is 26.2 Å². The number of H-pyrrole nitrogens is 1. The zero-order valence-corrected chi connectivity index (χ0v) is 16.3. The first-order valence-electron chi connectivity index (χ1n) is 9.21. The largest absolute Gasteiger partial charge is 0.369 e. The highest BCUT2D eigenvalue weighted by atomic mass is 32.2. The molecule has 28 heavy (non-hydrogen) atoms. The Morgan fingerprint density at radius 3 is 2.43 bits per heavy atom. The lowest BCUT2D eigenvalue weighted by atomic mass is 10.2. The number of sulfonamides is 1. The molecule has 3 rings (SSSR count). The summed E-state index contributed by atoms with van der Waals surface area (Å²) in [5.74, 6) is -0.542. The van der Waals surface area contributed by atoms with Crippen molar-refractivity contribution in [2.75, 3.05) is 43.4 Å². The fourth-order valence-electron chi connectivity index (χ4n) is 3.14. The van der Waals surface area contributed by atoms with Crippen LogP contribution in [0.5, 0.6) is 0 Å². The minimum absolute atomic E-state index is 0.0161. The zero-order chi connectivity index (χ0) is 20.0. The topological polar surface area (TPSA) is 103 Å². The fourth-order valence-corrected chi connectivity index (χ4v) is 4.63. The summed E-state index contributed by atoms with van der Waals surface area (Å²) in [6.45, 7) is 2.38. The van der Waals surface area contributed by atoms with Gasteiger partial charge in [-0.25, -0.2) is 8.42 Å². The van der Waals surface area contributed by atoms with Gasteiger partial charge in [0, 0.05) is 44.6 Å². The minimum atomic E-state index is -3.37. The molecule has 1 fully saturated rings. The number of aromatic nitrogens is 1. The van der Waals surface area contributed by atoms with Gasteiger partial charge in [0.2, 0.25) is 10.0 Å². The van der Waals surface area contributed by atoms with Crippen LogP contribution in [0.25, 0.3) is 0 Å². The molecule has 0 unspecified atom stereocenters. The number of nitrogens with one attached hydrogen (secondary N) is 2. The maximum Gasteiger partial charge on any atom is 0.260 e. The van der Waals surface area contributed by atoms with E-state index in [4.69, 9.17) is 0 Å². The Morgan fingerprint density at radius 1 is 1.04 bits per heavy atom. The van der Waals surface area contributed by atoms with E-state index in [-0.39, 0.29) is 24.3 Å². The van der Waals surface area contributed by atoms with Crippen LogP contribution in [0.15, 0.2) is 53.5 Å². The summed E-state index contributed by atoms with van der Waals surface area (Å²) in [5.41, 5.74) is 0.643. The van der Waals surface area contributed by atoms with Crippen LogP contribution in [-0.4, -0.2) is 62.1 Å². The SMILES string of the molecule is O=C(NCCCS(=O)(=O)N1CCN(c2ccccc2)CC1)c1ccc[nH]c1=O. The van der Waals surface area contributed by atoms with Crippen LogP contribution < -0.4 is 15.8 Å². The average Bonchev–Trinajstić information content (AvgIpc) is 2.72. The minimum Gasteiger partial charge on any atom is -0.369 e. The molecule has 0 atom stereocenters. The average molecular weight is 404 g/mol. The van der Waals surface area contributed by atoms with Gasteiger partial charge in [-0.05, 0) is 30.7 Å². The molecule has 1 aliphatic heterocycles. The highest BCUT2D eigenvalue weighted by Gasteiger charge is 2.26. The second-order valence-corrected chi connectivity index (χ2v) is 8.65. The third kappa shape index (κ3) is 4.99. The number of rotatable bonds is 7. The number of nitrogens with zero attached hydrogens (tertiary/aromatic N) is 2. The van der Waals surface area contributed by atoms with Gasteiger partial charge in [-0.3, -0.25) is 9.59 Å². The number of carbonyl (C=O) groups excluding carboxylic acids is 1. The number of aromatic amines is 1. The van der Waals surface area contributed by atoms with Crippen molar-refractivity contribution >= 4 is 21.6 Å². The molecule has 1 aliphatic rings. The van der Waals surface area contributed by atoms with Gasteiger partial charge in [-0.15, -0.1) is 0 Å². The number of anilines is 1. The predicted octanol–water partition coefficient (Wildman–Crippen LogP) is 0.647. The monoisotopic (exact) mass is 404 g/mol. The van der Waals surface area contributed by atoms with Gasteiger partial charge in [0.1, 0.15) is 5.56 Å². The second kappa shape index (κ2) is 9.03. The smallest absolute Gasteiger partial charge is 0.260 e. The van der Waals surface area contributed by atoms with Gasteiger partial charge in [0.15, 0.2) is 0 Å². The van der Waals surface area contributed by atoms with Crippen LogP contribution in [0.2, 0.25) is 0 Å². The van der Waals surface area contributed by atoms with Gasteiger partial charge in [-0.2, -0.15) is 4.31 Å². The van der Waals surface area contributed by atoms with Crippen molar-refractivity contribution in [3.8, 4) is 0 Å². The van der Waals surface area contributed by atoms with Gasteiger partial charge in [0.05, 0.1) is 5.75 Å². The summed E-state index contributed by atoms with van der Waals surface area (Å²) in [7, 11) is -3.37. The predicted molar refractivity (Wildman–Crippen MR) is 108 cm³/mol. The third-order valence-electron chi connectivity index (χ3n) is 4.68. The number of carbonyl (C=O) groups is 1. The van der Waals surface area contributed by atoms with Crippen molar-refractivity contribution in [3.63, 3.8) is 0 Å². The van der Waals surface area contributed by atoms with Crippen LogP contribution in [0.1, 0.15) is 16.8 Å². The molecule has 2 aromatic rings. The van der Waals surface area contributed by atoms with Crippen molar-refractivity contribution in [1.82, 2.24) is 14.6 Å². The Hall–Kier alpha value is -2.65. The van der Waals surface area contributed by atoms with Crippen molar-refractivity contribution in [2.24, 2.45) is 0 Å². The van der Waals surface area contributed by atoms with Crippen molar-refractivity contribution in [1.29, 1.82) is 0 Å². The Labute approximate surface area is 164 Å². The first-order chi connectivity index (χ1) is 13.5. The van der Waals surface area contributed by atoms with Gasteiger partial charge in [0.25, 0.3) is 11.5 Å². The van der Waals surface area contributed by atoms with Crippen LogP contribution in [0.4, 0.5) is 5.69 Å². The summed E-state index contributed by atoms with van der Waals surface area (Å²) >= 11 is 0. The van der Waals surface area contributed by atoms with Crippen molar-refractivity contribution in [3.05, 3.63) is 64.6 Å². The number of pyridine rings is 1. The summed E-state index contributed by atoms with van der Waals surface area (Å²) in [4.78, 5) is 28.1. The van der Waals surface area contributed by atoms with E-state index in [1.165, 1.54) is 16.6 Å². The third-order valence-corrected chi connectivity index (χ3v) is 6.64. The Balaban J connectivity index is 1.44. The van der Waals surface area contributed by atoms with Gasteiger partial charge < -0.3 is 15.2 Å². The Bertz CT molecular complexity index is 951. The molecular formula is C19H24N4O4S. The van der Waals surface area contributed by atoms with Crippen LogP contribution in [0.3, 0.4) is 0 Å². The molecule has 0 radical (unpaired) electrons. The number of piperazine rings is 1. The molecule has 9 heteroatoms. The molecule has 1 aromatic heterocycles. The van der Waals surface area contributed by atoms with Crippen LogP contribution >= 0.6 is 0 Å². The first-order valence-corrected chi connectivity index (χ1v) is 10.8. The van der Waals surface area contributed by atoms with Crippen molar-refractivity contribution < 1.29 is 13.2 Å². The molecule has 1 saturated heterocycles. The number of hydrogen-bond donors (Lipinski definition) is 2. The van der Waals surface area contributed by atoms with Gasteiger partial charge >= 0.3 is 0 Å². The van der Waals surface area contributed by atoms with E-state index in [2.05, 4.69) is 15.2 Å². The molecule has 8 nitrogen and oxygen atoms in total.